The monoisotopic (exact) mass is 269 g/mol. The van der Waals surface area contributed by atoms with Crippen LogP contribution in [0.25, 0.3) is 0 Å². The Morgan fingerprint density at radius 1 is 1.33 bits per heavy atom. The molecule has 0 aliphatic rings. The minimum absolute atomic E-state index is 0.121. The van der Waals surface area contributed by atoms with Gasteiger partial charge in [-0.15, -0.1) is 11.6 Å². The molecule has 0 saturated heterocycles. The van der Waals surface area contributed by atoms with Gasteiger partial charge >= 0.3 is 6.09 Å². The van der Waals surface area contributed by atoms with E-state index in [1.54, 1.807) is 0 Å². The van der Waals surface area contributed by atoms with Crippen LogP contribution in [0.1, 0.15) is 26.3 Å². The molecule has 1 aromatic carbocycles. The van der Waals surface area contributed by atoms with Crippen LogP contribution in [0.4, 0.5) is 4.79 Å². The molecule has 0 aliphatic heterocycles. The van der Waals surface area contributed by atoms with Crippen molar-refractivity contribution in [3.8, 4) is 0 Å². The molecule has 1 aromatic rings. The number of carbonyl (C=O) groups is 1. The molecule has 4 heteroatoms. The minimum atomic E-state index is -0.492. The summed E-state index contributed by atoms with van der Waals surface area (Å²) in [5.74, 6) is 0.355. The van der Waals surface area contributed by atoms with E-state index in [2.05, 4.69) is 5.32 Å². The Bertz CT molecular complexity index is 373. The lowest BCUT2D eigenvalue weighted by atomic mass is 10.1. The molecule has 0 spiro atoms. The van der Waals surface area contributed by atoms with Crippen molar-refractivity contribution >= 4 is 17.7 Å². The van der Waals surface area contributed by atoms with E-state index in [-0.39, 0.29) is 6.04 Å². The van der Waals surface area contributed by atoms with Crippen molar-refractivity contribution in [3.05, 3.63) is 35.9 Å². The van der Waals surface area contributed by atoms with Gasteiger partial charge in [-0.25, -0.2) is 4.79 Å². The number of nitrogens with one attached hydrogen (secondary N) is 1. The van der Waals surface area contributed by atoms with Crippen LogP contribution in [0.15, 0.2) is 30.3 Å². The maximum Gasteiger partial charge on any atom is 0.407 e. The van der Waals surface area contributed by atoms with Crippen molar-refractivity contribution in [2.24, 2.45) is 0 Å². The van der Waals surface area contributed by atoms with Crippen LogP contribution in [0, 0.1) is 0 Å². The fraction of sp³-hybridized carbons (Fsp3) is 0.500. The second kappa shape index (κ2) is 6.64. The standard InChI is InChI=1S/C14H20ClNO2/c1-14(2,3)18-13(17)16-12(10-15)9-11-7-5-4-6-8-11/h4-8,12H,9-10H2,1-3H3,(H,16,17)/t12-/m1/s1. The summed E-state index contributed by atoms with van der Waals surface area (Å²) in [6, 6.07) is 9.79. The van der Waals surface area contributed by atoms with E-state index in [1.165, 1.54) is 0 Å². The van der Waals surface area contributed by atoms with Crippen LogP contribution in [0.5, 0.6) is 0 Å². The number of ether oxygens (including phenoxy) is 1. The van der Waals surface area contributed by atoms with Crippen LogP contribution >= 0.6 is 11.6 Å². The van der Waals surface area contributed by atoms with Gasteiger partial charge in [0, 0.05) is 11.9 Å². The van der Waals surface area contributed by atoms with Crippen molar-refractivity contribution in [1.29, 1.82) is 0 Å². The van der Waals surface area contributed by atoms with Gasteiger partial charge in [0.25, 0.3) is 0 Å². The summed E-state index contributed by atoms with van der Waals surface area (Å²) in [5, 5.41) is 2.78. The van der Waals surface area contributed by atoms with Gasteiger partial charge in [0.1, 0.15) is 5.60 Å². The average Bonchev–Trinajstić information content (AvgIpc) is 2.27. The summed E-state index contributed by atoms with van der Waals surface area (Å²) in [5.41, 5.74) is 0.646. The molecule has 0 saturated carbocycles. The maximum absolute atomic E-state index is 11.6. The first-order valence-corrected chi connectivity index (χ1v) is 6.53. The highest BCUT2D eigenvalue weighted by atomic mass is 35.5. The summed E-state index contributed by atoms with van der Waals surface area (Å²) in [7, 11) is 0. The third-order valence-corrected chi connectivity index (χ3v) is 2.60. The normalized spacial score (nSPS) is 12.9. The Kier molecular flexibility index (Phi) is 5.48. The average molecular weight is 270 g/mol. The molecular weight excluding hydrogens is 250 g/mol. The van der Waals surface area contributed by atoms with Crippen molar-refractivity contribution in [3.63, 3.8) is 0 Å². The lowest BCUT2D eigenvalue weighted by molar-refractivity contribution is 0.0509. The predicted octanol–water partition coefficient (Wildman–Crippen LogP) is 3.36. The second-order valence-electron chi connectivity index (χ2n) is 5.19. The first-order valence-electron chi connectivity index (χ1n) is 6.00. The van der Waals surface area contributed by atoms with Gasteiger partial charge in [-0.05, 0) is 32.8 Å². The fourth-order valence-electron chi connectivity index (χ4n) is 1.52. The number of hydrogen-bond donors (Lipinski definition) is 1. The molecule has 0 aromatic heterocycles. The number of alkyl halides is 1. The van der Waals surface area contributed by atoms with Crippen molar-refractivity contribution in [2.45, 2.75) is 38.8 Å². The molecule has 0 unspecified atom stereocenters. The molecule has 100 valence electrons. The molecule has 3 nitrogen and oxygen atoms in total. The number of carbonyl (C=O) groups excluding carboxylic acids is 1. The van der Waals surface area contributed by atoms with Gasteiger partial charge in [0.05, 0.1) is 0 Å². The first-order chi connectivity index (χ1) is 8.40. The Hall–Kier alpha value is -1.22. The highest BCUT2D eigenvalue weighted by Crippen LogP contribution is 2.09. The molecule has 18 heavy (non-hydrogen) atoms. The van der Waals surface area contributed by atoms with E-state index in [1.807, 2.05) is 51.1 Å². The molecule has 0 fully saturated rings. The summed E-state index contributed by atoms with van der Waals surface area (Å²) < 4.78 is 5.20. The SMILES string of the molecule is CC(C)(C)OC(=O)N[C@@H](CCl)Cc1ccccc1. The molecule has 0 bridgehead atoms. The molecule has 1 amide bonds. The molecule has 1 atom stereocenters. The van der Waals surface area contributed by atoms with Crippen molar-refractivity contribution in [2.75, 3.05) is 5.88 Å². The second-order valence-corrected chi connectivity index (χ2v) is 5.50. The fourth-order valence-corrected chi connectivity index (χ4v) is 1.70. The van der Waals surface area contributed by atoms with E-state index in [9.17, 15) is 4.79 Å². The highest BCUT2D eigenvalue weighted by molar-refractivity contribution is 6.18. The molecule has 1 N–H and O–H groups in total. The molecule has 1 rings (SSSR count). The number of alkyl carbamates (subject to hydrolysis) is 1. The Morgan fingerprint density at radius 3 is 2.44 bits per heavy atom. The Balaban J connectivity index is 2.50. The van der Waals surface area contributed by atoms with Crippen molar-refractivity contribution in [1.82, 2.24) is 5.32 Å². The first kappa shape index (κ1) is 14.8. The van der Waals surface area contributed by atoms with Crippen molar-refractivity contribution < 1.29 is 9.53 Å². The predicted molar refractivity (Wildman–Crippen MR) is 74.0 cm³/mol. The summed E-state index contributed by atoms with van der Waals surface area (Å²) >= 11 is 5.86. The molecule has 0 radical (unpaired) electrons. The summed E-state index contributed by atoms with van der Waals surface area (Å²) in [6.45, 7) is 5.50. The van der Waals surface area contributed by atoms with E-state index in [0.717, 1.165) is 5.56 Å². The van der Waals surface area contributed by atoms with Crippen LogP contribution < -0.4 is 5.32 Å². The van der Waals surface area contributed by atoms with Gasteiger partial charge in [0.2, 0.25) is 0 Å². The minimum Gasteiger partial charge on any atom is -0.444 e. The van der Waals surface area contributed by atoms with E-state index < -0.39 is 11.7 Å². The van der Waals surface area contributed by atoms with Crippen LogP contribution in [0.2, 0.25) is 0 Å². The number of amides is 1. The lowest BCUT2D eigenvalue weighted by Crippen LogP contribution is -2.41. The zero-order chi connectivity index (χ0) is 13.6. The zero-order valence-corrected chi connectivity index (χ0v) is 11.8. The van der Waals surface area contributed by atoms with Gasteiger partial charge in [0.15, 0.2) is 0 Å². The molecular formula is C14H20ClNO2. The molecule has 0 aliphatic carbocycles. The Labute approximate surface area is 113 Å². The van der Waals surface area contributed by atoms with Gasteiger partial charge < -0.3 is 10.1 Å². The Morgan fingerprint density at radius 2 is 1.94 bits per heavy atom. The van der Waals surface area contributed by atoms with Gasteiger partial charge in [-0.1, -0.05) is 30.3 Å². The smallest absolute Gasteiger partial charge is 0.407 e. The quantitative estimate of drug-likeness (QED) is 0.851. The van der Waals surface area contributed by atoms with Crippen LogP contribution in [0.3, 0.4) is 0 Å². The topological polar surface area (TPSA) is 38.3 Å². The zero-order valence-electron chi connectivity index (χ0n) is 11.1. The third kappa shape index (κ3) is 5.92. The highest BCUT2D eigenvalue weighted by Gasteiger charge is 2.19. The van der Waals surface area contributed by atoms with Crippen LogP contribution in [-0.4, -0.2) is 23.6 Å². The van der Waals surface area contributed by atoms with E-state index >= 15 is 0 Å². The largest absolute Gasteiger partial charge is 0.444 e. The van der Waals surface area contributed by atoms with E-state index in [0.29, 0.717) is 12.3 Å². The van der Waals surface area contributed by atoms with Crippen LogP contribution in [-0.2, 0) is 11.2 Å². The maximum atomic E-state index is 11.6. The third-order valence-electron chi connectivity index (χ3n) is 2.23. The summed E-state index contributed by atoms with van der Waals surface area (Å²) in [4.78, 5) is 11.6. The number of halogens is 1. The lowest BCUT2D eigenvalue weighted by Gasteiger charge is -2.22. The number of benzene rings is 1. The molecule has 0 heterocycles. The van der Waals surface area contributed by atoms with Gasteiger partial charge in [-0.3, -0.25) is 0 Å². The number of hydrogen-bond acceptors (Lipinski definition) is 2. The summed E-state index contributed by atoms with van der Waals surface area (Å²) in [6.07, 6.45) is 0.271. The van der Waals surface area contributed by atoms with Gasteiger partial charge in [-0.2, -0.15) is 0 Å². The number of rotatable bonds is 4. The van der Waals surface area contributed by atoms with E-state index in [4.69, 9.17) is 16.3 Å².